The Labute approximate surface area is 176 Å². The highest BCUT2D eigenvalue weighted by Gasteiger charge is 2.22. The molecule has 0 radical (unpaired) electrons. The number of aliphatic hydroxyl groups excluding tert-OH is 1. The summed E-state index contributed by atoms with van der Waals surface area (Å²) < 4.78 is 0. The number of nitrogens with one attached hydrogen (secondary N) is 1. The van der Waals surface area contributed by atoms with Crippen molar-refractivity contribution in [2.45, 2.75) is 52.1 Å². The maximum Gasteiger partial charge on any atom is 0.193 e. The minimum atomic E-state index is -0.130. The lowest BCUT2D eigenvalue weighted by atomic mass is 9.89. The van der Waals surface area contributed by atoms with Crippen molar-refractivity contribution >= 4 is 16.5 Å². The minimum Gasteiger partial charge on any atom is -0.388 e. The van der Waals surface area contributed by atoms with E-state index in [0.29, 0.717) is 11.6 Å². The van der Waals surface area contributed by atoms with E-state index < -0.39 is 0 Å². The summed E-state index contributed by atoms with van der Waals surface area (Å²) in [5.74, 6) is 1.88. The Kier molecular flexibility index (Phi) is 6.56. The molecule has 1 aliphatic heterocycles. The predicted molar refractivity (Wildman–Crippen MR) is 117 cm³/mol. The predicted octanol–water partition coefficient (Wildman–Crippen LogP) is 4.22. The molecule has 3 aromatic rings. The molecule has 1 saturated heterocycles. The maximum atomic E-state index is 9.14. The zero-order valence-electron chi connectivity index (χ0n) is 17.0. The normalized spacial score (nSPS) is 15.2. The lowest BCUT2D eigenvalue weighted by Gasteiger charge is -2.31. The van der Waals surface area contributed by atoms with E-state index in [1.54, 1.807) is 11.3 Å². The fourth-order valence-corrected chi connectivity index (χ4v) is 4.98. The van der Waals surface area contributed by atoms with Crippen LogP contribution in [-0.4, -0.2) is 38.4 Å². The number of aryl methyl sites for hydroxylation is 2. The Bertz CT molecular complexity index is 913. The van der Waals surface area contributed by atoms with Crippen molar-refractivity contribution in [2.24, 2.45) is 5.92 Å². The van der Waals surface area contributed by atoms with Crippen molar-refractivity contribution < 1.29 is 5.11 Å². The van der Waals surface area contributed by atoms with Crippen LogP contribution in [0, 0.1) is 5.92 Å². The number of piperidine rings is 1. The number of thiazole rings is 1. The first kappa shape index (κ1) is 20.0. The molecule has 1 aromatic carbocycles. The Morgan fingerprint density at radius 1 is 1.17 bits per heavy atom. The number of aromatic nitrogens is 4. The van der Waals surface area contributed by atoms with Gasteiger partial charge in [0.1, 0.15) is 6.61 Å². The summed E-state index contributed by atoms with van der Waals surface area (Å²) in [7, 11) is 0. The van der Waals surface area contributed by atoms with Crippen LogP contribution in [-0.2, 0) is 19.4 Å². The highest BCUT2D eigenvalue weighted by atomic mass is 32.1. The molecule has 0 unspecified atom stereocenters. The van der Waals surface area contributed by atoms with E-state index in [1.807, 2.05) is 6.20 Å². The smallest absolute Gasteiger partial charge is 0.193 e. The molecule has 29 heavy (non-hydrogen) atoms. The van der Waals surface area contributed by atoms with Crippen molar-refractivity contribution in [3.05, 3.63) is 47.4 Å². The van der Waals surface area contributed by atoms with Crippen molar-refractivity contribution in [1.29, 1.82) is 0 Å². The Morgan fingerprint density at radius 2 is 1.93 bits per heavy atom. The van der Waals surface area contributed by atoms with Gasteiger partial charge in [0, 0.05) is 13.1 Å². The summed E-state index contributed by atoms with van der Waals surface area (Å²) in [5.41, 5.74) is 3.06. The topological polar surface area (TPSA) is 77.9 Å². The third kappa shape index (κ3) is 4.85. The lowest BCUT2D eigenvalue weighted by molar-refractivity contribution is 0.272. The zero-order chi connectivity index (χ0) is 20.1. The van der Waals surface area contributed by atoms with Crippen LogP contribution in [0.15, 0.2) is 30.5 Å². The molecule has 0 atom stereocenters. The van der Waals surface area contributed by atoms with Crippen LogP contribution in [0.25, 0.3) is 10.7 Å². The van der Waals surface area contributed by atoms with Gasteiger partial charge in [0.15, 0.2) is 16.8 Å². The second-order valence-corrected chi connectivity index (χ2v) is 8.77. The van der Waals surface area contributed by atoms with E-state index in [9.17, 15) is 0 Å². The van der Waals surface area contributed by atoms with Crippen LogP contribution in [0.2, 0.25) is 0 Å². The number of nitrogens with zero attached hydrogens (tertiary/aromatic N) is 4. The molecule has 4 rings (SSSR count). The second-order valence-electron chi connectivity index (χ2n) is 7.76. The van der Waals surface area contributed by atoms with Crippen LogP contribution >= 0.6 is 11.3 Å². The molecule has 1 fully saturated rings. The summed E-state index contributed by atoms with van der Waals surface area (Å²) in [5, 5.41) is 17.1. The molecule has 1 aliphatic rings. The highest BCUT2D eigenvalue weighted by molar-refractivity contribution is 7.18. The number of hydrogen-bond donors (Lipinski definition) is 2. The van der Waals surface area contributed by atoms with Crippen LogP contribution in [0.4, 0.5) is 5.13 Å². The van der Waals surface area contributed by atoms with Crippen LogP contribution in [0.5, 0.6) is 0 Å². The number of aromatic amines is 1. The van der Waals surface area contributed by atoms with Crippen molar-refractivity contribution in [2.75, 3.05) is 18.0 Å². The van der Waals surface area contributed by atoms with Crippen molar-refractivity contribution in [1.82, 2.24) is 20.2 Å². The first-order chi connectivity index (χ1) is 14.3. The molecule has 2 N–H and O–H groups in total. The number of aliphatic hydroxyl groups is 1. The zero-order valence-corrected chi connectivity index (χ0v) is 17.8. The standard InChI is InChI=1S/C22H29N5OS/c1-2-5-17-6-3-4-7-18(17)9-8-16-10-12-27(13-11-16)22-23-14-19(29-22)21-24-20(15-28)25-26-21/h3-4,6-7,14,16,28H,2,5,8-13,15H2,1H3,(H,24,25,26). The van der Waals surface area contributed by atoms with E-state index in [-0.39, 0.29) is 6.61 Å². The van der Waals surface area contributed by atoms with E-state index in [0.717, 1.165) is 29.0 Å². The molecule has 0 saturated carbocycles. The van der Waals surface area contributed by atoms with E-state index in [1.165, 1.54) is 49.7 Å². The van der Waals surface area contributed by atoms with Gasteiger partial charge in [-0.05, 0) is 49.1 Å². The number of benzene rings is 1. The number of H-pyrrole nitrogens is 1. The van der Waals surface area contributed by atoms with Gasteiger partial charge < -0.3 is 10.0 Å². The second kappa shape index (κ2) is 9.50. The van der Waals surface area contributed by atoms with Gasteiger partial charge in [-0.15, -0.1) is 0 Å². The lowest BCUT2D eigenvalue weighted by Crippen LogP contribution is -2.33. The third-order valence-electron chi connectivity index (χ3n) is 5.74. The van der Waals surface area contributed by atoms with E-state index in [4.69, 9.17) is 5.11 Å². The molecule has 0 spiro atoms. The van der Waals surface area contributed by atoms with Gasteiger partial charge in [-0.2, -0.15) is 5.10 Å². The first-order valence-electron chi connectivity index (χ1n) is 10.6. The average Bonchev–Trinajstić information content (AvgIpc) is 3.43. The largest absolute Gasteiger partial charge is 0.388 e. The number of anilines is 1. The quantitative estimate of drug-likeness (QED) is 0.580. The molecule has 154 valence electrons. The van der Waals surface area contributed by atoms with E-state index in [2.05, 4.69) is 56.3 Å². The average molecular weight is 412 g/mol. The van der Waals surface area contributed by atoms with Crippen LogP contribution in [0.1, 0.15) is 49.6 Å². The Hall–Kier alpha value is -2.25. The molecular weight excluding hydrogens is 382 g/mol. The van der Waals surface area contributed by atoms with Crippen molar-refractivity contribution in [3.8, 4) is 10.7 Å². The van der Waals surface area contributed by atoms with Gasteiger partial charge in [0.05, 0.1) is 11.1 Å². The fraction of sp³-hybridized carbons (Fsp3) is 0.500. The van der Waals surface area contributed by atoms with Gasteiger partial charge in [0.2, 0.25) is 0 Å². The van der Waals surface area contributed by atoms with Gasteiger partial charge in [0.25, 0.3) is 0 Å². The molecule has 6 nitrogen and oxygen atoms in total. The molecule has 0 amide bonds. The minimum absolute atomic E-state index is 0.130. The van der Waals surface area contributed by atoms with Crippen LogP contribution < -0.4 is 4.90 Å². The van der Waals surface area contributed by atoms with Crippen LogP contribution in [0.3, 0.4) is 0 Å². The first-order valence-corrected chi connectivity index (χ1v) is 11.4. The highest BCUT2D eigenvalue weighted by Crippen LogP contribution is 2.32. The molecule has 7 heteroatoms. The monoisotopic (exact) mass is 411 g/mol. The Morgan fingerprint density at radius 3 is 2.62 bits per heavy atom. The van der Waals surface area contributed by atoms with E-state index >= 15 is 0 Å². The van der Waals surface area contributed by atoms with Gasteiger partial charge in [-0.3, -0.25) is 5.10 Å². The summed E-state index contributed by atoms with van der Waals surface area (Å²) in [6.45, 7) is 4.24. The molecule has 0 aliphatic carbocycles. The Balaban J connectivity index is 1.30. The molecule has 3 heterocycles. The molecule has 0 bridgehead atoms. The van der Waals surface area contributed by atoms with Gasteiger partial charge in [-0.25, -0.2) is 9.97 Å². The maximum absolute atomic E-state index is 9.14. The van der Waals surface area contributed by atoms with Gasteiger partial charge >= 0.3 is 0 Å². The summed E-state index contributed by atoms with van der Waals surface area (Å²) in [4.78, 5) is 12.2. The summed E-state index contributed by atoms with van der Waals surface area (Å²) in [6, 6.07) is 8.94. The molecule has 2 aromatic heterocycles. The van der Waals surface area contributed by atoms with Gasteiger partial charge in [-0.1, -0.05) is 48.9 Å². The third-order valence-corrected chi connectivity index (χ3v) is 6.79. The number of hydrogen-bond acceptors (Lipinski definition) is 6. The SMILES string of the molecule is CCCc1ccccc1CCC1CCN(c2ncc(-c3n[nH]c(CO)n3)s2)CC1. The molecular formula is C22H29N5OS. The number of rotatable bonds is 8. The summed E-state index contributed by atoms with van der Waals surface area (Å²) >= 11 is 1.62. The summed E-state index contributed by atoms with van der Waals surface area (Å²) in [6.07, 6.45) is 9.15. The fourth-order valence-electron chi connectivity index (χ4n) is 4.08. The van der Waals surface area contributed by atoms with Crippen molar-refractivity contribution in [3.63, 3.8) is 0 Å².